The molecule has 1 atom stereocenters. The first-order chi connectivity index (χ1) is 9.10. The molecule has 0 bridgehead atoms. The second-order valence-electron chi connectivity index (χ2n) is 4.59. The Labute approximate surface area is 112 Å². The summed E-state index contributed by atoms with van der Waals surface area (Å²) < 4.78 is 5.52. The maximum Gasteiger partial charge on any atom is 0.287 e. The molecule has 1 aromatic heterocycles. The molecule has 4 heteroatoms. The van der Waals surface area contributed by atoms with Crippen molar-refractivity contribution in [3.05, 3.63) is 47.7 Å². The minimum Gasteiger partial charge on any atom is -0.451 e. The van der Waals surface area contributed by atoms with Crippen molar-refractivity contribution < 1.29 is 14.3 Å². The Morgan fingerprint density at radius 2 is 1.95 bits per heavy atom. The van der Waals surface area contributed by atoms with E-state index in [2.05, 4.69) is 5.32 Å². The molecule has 100 valence electrons. The molecule has 1 unspecified atom stereocenters. The summed E-state index contributed by atoms with van der Waals surface area (Å²) in [5, 5.41) is 11.5. The number of benzene rings is 1. The Balaban J connectivity index is 2.15. The van der Waals surface area contributed by atoms with Crippen LogP contribution in [0.2, 0.25) is 0 Å². The fourth-order valence-electron chi connectivity index (χ4n) is 1.67. The van der Waals surface area contributed by atoms with E-state index in [1.165, 1.54) is 5.56 Å². The zero-order valence-corrected chi connectivity index (χ0v) is 11.0. The first-order valence-corrected chi connectivity index (χ1v) is 6.18. The van der Waals surface area contributed by atoms with Crippen molar-refractivity contribution in [2.75, 3.05) is 6.61 Å². The van der Waals surface area contributed by atoms with Gasteiger partial charge in [0.1, 0.15) is 5.76 Å². The molecule has 1 heterocycles. The summed E-state index contributed by atoms with van der Waals surface area (Å²) in [6, 6.07) is 11.0. The molecule has 0 saturated heterocycles. The Bertz CT molecular complexity index is 557. The topological polar surface area (TPSA) is 62.5 Å². The molecular formula is C15H17NO3. The van der Waals surface area contributed by atoms with E-state index in [4.69, 9.17) is 9.52 Å². The molecule has 2 N–H and O–H groups in total. The lowest BCUT2D eigenvalue weighted by Gasteiger charge is -2.08. The Morgan fingerprint density at radius 1 is 1.26 bits per heavy atom. The van der Waals surface area contributed by atoms with E-state index in [1.54, 1.807) is 19.1 Å². The minimum atomic E-state index is -0.320. The number of amides is 1. The number of rotatable bonds is 4. The first-order valence-electron chi connectivity index (χ1n) is 6.18. The Hall–Kier alpha value is -2.07. The van der Waals surface area contributed by atoms with Crippen LogP contribution in [0.4, 0.5) is 0 Å². The van der Waals surface area contributed by atoms with Crippen LogP contribution >= 0.6 is 0 Å². The smallest absolute Gasteiger partial charge is 0.287 e. The predicted octanol–water partition coefficient (Wildman–Crippen LogP) is 2.37. The van der Waals surface area contributed by atoms with Crippen LogP contribution in [0.1, 0.15) is 23.0 Å². The van der Waals surface area contributed by atoms with Crippen LogP contribution in [0.25, 0.3) is 11.3 Å². The van der Waals surface area contributed by atoms with Crippen LogP contribution in [0.5, 0.6) is 0 Å². The summed E-state index contributed by atoms with van der Waals surface area (Å²) >= 11 is 0. The quantitative estimate of drug-likeness (QED) is 0.886. The van der Waals surface area contributed by atoms with Crippen molar-refractivity contribution >= 4 is 5.91 Å². The maximum absolute atomic E-state index is 11.8. The van der Waals surface area contributed by atoms with Crippen LogP contribution in [-0.4, -0.2) is 23.7 Å². The van der Waals surface area contributed by atoms with Crippen molar-refractivity contribution in [1.82, 2.24) is 5.32 Å². The van der Waals surface area contributed by atoms with Crippen molar-refractivity contribution in [2.45, 2.75) is 19.9 Å². The fraction of sp³-hybridized carbons (Fsp3) is 0.267. The van der Waals surface area contributed by atoms with E-state index in [1.807, 2.05) is 31.2 Å². The van der Waals surface area contributed by atoms with Crippen LogP contribution in [0.15, 0.2) is 40.8 Å². The SMILES string of the molecule is Cc1ccc(-c2ccc(C(=O)NC(C)CO)o2)cc1. The van der Waals surface area contributed by atoms with E-state index in [0.717, 1.165) is 5.56 Å². The van der Waals surface area contributed by atoms with E-state index < -0.39 is 0 Å². The van der Waals surface area contributed by atoms with Gasteiger partial charge in [0.2, 0.25) is 0 Å². The molecule has 19 heavy (non-hydrogen) atoms. The number of furan rings is 1. The predicted molar refractivity (Wildman–Crippen MR) is 72.9 cm³/mol. The summed E-state index contributed by atoms with van der Waals surface area (Å²) in [6.45, 7) is 3.64. The lowest BCUT2D eigenvalue weighted by atomic mass is 10.1. The molecule has 0 radical (unpaired) electrons. The minimum absolute atomic E-state index is 0.0999. The third-order valence-corrected chi connectivity index (χ3v) is 2.82. The third-order valence-electron chi connectivity index (χ3n) is 2.82. The monoisotopic (exact) mass is 259 g/mol. The average molecular weight is 259 g/mol. The van der Waals surface area contributed by atoms with Gasteiger partial charge in [0, 0.05) is 11.6 Å². The molecule has 4 nitrogen and oxygen atoms in total. The lowest BCUT2D eigenvalue weighted by Crippen LogP contribution is -2.34. The van der Waals surface area contributed by atoms with Gasteiger partial charge >= 0.3 is 0 Å². The molecule has 0 aliphatic heterocycles. The van der Waals surface area contributed by atoms with Gasteiger partial charge in [-0.05, 0) is 26.0 Å². The van der Waals surface area contributed by atoms with Gasteiger partial charge in [-0.25, -0.2) is 0 Å². The van der Waals surface area contributed by atoms with E-state index in [0.29, 0.717) is 5.76 Å². The van der Waals surface area contributed by atoms with Gasteiger partial charge in [0.25, 0.3) is 5.91 Å². The second kappa shape index (κ2) is 5.71. The van der Waals surface area contributed by atoms with Gasteiger partial charge in [0.15, 0.2) is 5.76 Å². The van der Waals surface area contributed by atoms with Crippen LogP contribution < -0.4 is 5.32 Å². The molecule has 1 amide bonds. The third kappa shape index (κ3) is 3.23. The fourth-order valence-corrected chi connectivity index (χ4v) is 1.67. The zero-order valence-electron chi connectivity index (χ0n) is 11.0. The van der Waals surface area contributed by atoms with Gasteiger partial charge in [-0.3, -0.25) is 4.79 Å². The summed E-state index contributed by atoms with van der Waals surface area (Å²) in [5.41, 5.74) is 2.10. The highest BCUT2D eigenvalue weighted by molar-refractivity contribution is 5.92. The van der Waals surface area contributed by atoms with Gasteiger partial charge < -0.3 is 14.8 Å². The number of hydrogen-bond donors (Lipinski definition) is 2. The summed E-state index contributed by atoms with van der Waals surface area (Å²) in [5.74, 6) is 0.581. The van der Waals surface area contributed by atoms with Crippen LogP contribution in [-0.2, 0) is 0 Å². The number of carbonyl (C=O) groups is 1. The molecule has 2 rings (SSSR count). The summed E-state index contributed by atoms with van der Waals surface area (Å²) in [7, 11) is 0. The van der Waals surface area contributed by atoms with Crippen molar-refractivity contribution in [3.8, 4) is 11.3 Å². The molecule has 0 aliphatic carbocycles. The highest BCUT2D eigenvalue weighted by Crippen LogP contribution is 2.22. The lowest BCUT2D eigenvalue weighted by molar-refractivity contribution is 0.0895. The first kappa shape index (κ1) is 13.4. The molecule has 1 aromatic carbocycles. The number of aliphatic hydroxyl groups excluding tert-OH is 1. The second-order valence-corrected chi connectivity index (χ2v) is 4.59. The van der Waals surface area contributed by atoms with Gasteiger partial charge in [-0.1, -0.05) is 29.8 Å². The van der Waals surface area contributed by atoms with Crippen LogP contribution in [0.3, 0.4) is 0 Å². The number of aliphatic hydroxyl groups is 1. The molecule has 0 fully saturated rings. The number of nitrogens with one attached hydrogen (secondary N) is 1. The normalized spacial score (nSPS) is 12.2. The highest BCUT2D eigenvalue weighted by Gasteiger charge is 2.13. The maximum atomic E-state index is 11.8. The Kier molecular flexibility index (Phi) is 4.02. The van der Waals surface area contributed by atoms with Gasteiger partial charge in [-0.15, -0.1) is 0 Å². The highest BCUT2D eigenvalue weighted by atomic mass is 16.4. The number of carbonyl (C=O) groups excluding carboxylic acids is 1. The zero-order chi connectivity index (χ0) is 13.8. The van der Waals surface area contributed by atoms with Gasteiger partial charge in [0.05, 0.1) is 6.61 Å². The largest absolute Gasteiger partial charge is 0.451 e. The number of aryl methyl sites for hydroxylation is 1. The van der Waals surface area contributed by atoms with Crippen molar-refractivity contribution in [3.63, 3.8) is 0 Å². The standard InChI is InChI=1S/C15H17NO3/c1-10-3-5-12(6-4-10)13-7-8-14(19-13)15(18)16-11(2)9-17/h3-8,11,17H,9H2,1-2H3,(H,16,18). The van der Waals surface area contributed by atoms with Gasteiger partial charge in [-0.2, -0.15) is 0 Å². The van der Waals surface area contributed by atoms with Crippen molar-refractivity contribution in [2.24, 2.45) is 0 Å². The molecule has 0 aliphatic rings. The summed E-state index contributed by atoms with van der Waals surface area (Å²) in [4.78, 5) is 11.8. The number of hydrogen-bond acceptors (Lipinski definition) is 3. The average Bonchev–Trinajstić information content (AvgIpc) is 2.89. The van der Waals surface area contributed by atoms with Crippen LogP contribution in [0, 0.1) is 6.92 Å². The molecule has 0 saturated carbocycles. The summed E-state index contributed by atoms with van der Waals surface area (Å²) in [6.07, 6.45) is 0. The molecular weight excluding hydrogens is 242 g/mol. The molecule has 0 spiro atoms. The van der Waals surface area contributed by atoms with E-state index in [9.17, 15) is 4.79 Å². The van der Waals surface area contributed by atoms with E-state index >= 15 is 0 Å². The van der Waals surface area contributed by atoms with Crippen molar-refractivity contribution in [1.29, 1.82) is 0 Å². The van der Waals surface area contributed by atoms with E-state index in [-0.39, 0.29) is 24.3 Å². The molecule has 2 aromatic rings. The Morgan fingerprint density at radius 3 is 2.58 bits per heavy atom.